The fraction of sp³-hybridized carbons (Fsp3) is 0.938. The van der Waals surface area contributed by atoms with Crippen LogP contribution in [0.2, 0.25) is 0 Å². The molecule has 2 N–H and O–H groups in total. The van der Waals surface area contributed by atoms with Crippen molar-refractivity contribution in [3.63, 3.8) is 0 Å². The van der Waals surface area contributed by atoms with Gasteiger partial charge in [-0.3, -0.25) is 9.36 Å². The number of quaternary nitrogens is 1. The fourth-order valence-electron chi connectivity index (χ4n) is 7.33. The van der Waals surface area contributed by atoms with Gasteiger partial charge in [0.15, 0.2) is 0 Å². The molecule has 3 unspecified atom stereocenters. The summed E-state index contributed by atoms with van der Waals surface area (Å²) in [4.78, 5) is 25.4. The molecular formula is C48H97N2O6P. The molecular weight excluding hydrogens is 732 g/mol. The smallest absolute Gasteiger partial charge is 0.268 e. The number of phosphoric ester groups is 1. The third-order valence-electron chi connectivity index (χ3n) is 11.3. The molecule has 0 radical (unpaired) electrons. The second-order valence-corrected chi connectivity index (χ2v) is 19.6. The molecule has 0 heterocycles. The number of hydrogen-bond acceptors (Lipinski definition) is 6. The number of unbranched alkanes of at least 4 members (excludes halogenated alkanes) is 30. The molecule has 9 heteroatoms. The van der Waals surface area contributed by atoms with Crippen LogP contribution < -0.4 is 10.2 Å². The fourth-order valence-corrected chi connectivity index (χ4v) is 8.05. The number of nitrogens with zero attached hydrogens (tertiary/aromatic N) is 1. The van der Waals surface area contributed by atoms with Gasteiger partial charge in [-0.05, 0) is 38.5 Å². The molecule has 340 valence electrons. The zero-order valence-electron chi connectivity index (χ0n) is 38.6. The summed E-state index contributed by atoms with van der Waals surface area (Å²) in [7, 11) is 1.31. The molecule has 0 aromatic carbocycles. The van der Waals surface area contributed by atoms with Gasteiger partial charge in [-0.1, -0.05) is 206 Å². The van der Waals surface area contributed by atoms with Crippen LogP contribution in [0.1, 0.15) is 239 Å². The van der Waals surface area contributed by atoms with Crippen LogP contribution >= 0.6 is 7.82 Å². The number of nitrogens with one attached hydrogen (secondary N) is 1. The number of amides is 1. The molecule has 0 rings (SSSR count). The van der Waals surface area contributed by atoms with E-state index in [1.165, 1.54) is 161 Å². The van der Waals surface area contributed by atoms with E-state index < -0.39 is 20.0 Å². The highest BCUT2D eigenvalue weighted by atomic mass is 31.2. The third-order valence-corrected chi connectivity index (χ3v) is 12.2. The zero-order chi connectivity index (χ0) is 42.1. The number of carbonyl (C=O) groups is 1. The lowest BCUT2D eigenvalue weighted by Gasteiger charge is -2.30. The highest BCUT2D eigenvalue weighted by molar-refractivity contribution is 7.45. The Morgan fingerprint density at radius 2 is 0.965 bits per heavy atom. The van der Waals surface area contributed by atoms with Crippen molar-refractivity contribution in [3.05, 3.63) is 12.2 Å². The van der Waals surface area contributed by atoms with Crippen molar-refractivity contribution in [2.24, 2.45) is 0 Å². The molecule has 0 aliphatic rings. The van der Waals surface area contributed by atoms with Gasteiger partial charge in [-0.15, -0.1) is 0 Å². The molecule has 0 fully saturated rings. The Morgan fingerprint density at radius 1 is 0.596 bits per heavy atom. The van der Waals surface area contributed by atoms with Crippen LogP contribution in [0.25, 0.3) is 0 Å². The Morgan fingerprint density at radius 3 is 1.37 bits per heavy atom. The highest BCUT2D eigenvalue weighted by Gasteiger charge is 2.24. The molecule has 0 spiro atoms. The lowest BCUT2D eigenvalue weighted by Crippen LogP contribution is -2.46. The molecule has 8 nitrogen and oxygen atoms in total. The molecule has 0 saturated heterocycles. The van der Waals surface area contributed by atoms with Gasteiger partial charge < -0.3 is 28.8 Å². The number of carbonyl (C=O) groups excluding carboxylic acids is 1. The SMILES string of the molecule is CCCCCCCCCCC/C=C\CCCCCCCC(=O)NC(COP(=O)([O-])OCC[N+](C)(C)C)C(O)CCCCCCCCCCCCCCCCCCC. The maximum absolute atomic E-state index is 12.9. The van der Waals surface area contributed by atoms with E-state index in [0.717, 1.165) is 51.4 Å². The zero-order valence-corrected chi connectivity index (χ0v) is 39.5. The third kappa shape index (κ3) is 43.1. The van der Waals surface area contributed by atoms with Gasteiger partial charge >= 0.3 is 0 Å². The minimum Gasteiger partial charge on any atom is -0.756 e. The summed E-state index contributed by atoms with van der Waals surface area (Å²) in [6, 6.07) is -0.801. The first-order chi connectivity index (χ1) is 27.5. The van der Waals surface area contributed by atoms with Crippen LogP contribution in [0.15, 0.2) is 12.2 Å². The Hall–Kier alpha value is -0.760. The predicted octanol–water partition coefficient (Wildman–Crippen LogP) is 13.3. The summed E-state index contributed by atoms with van der Waals surface area (Å²) in [5.74, 6) is -0.170. The van der Waals surface area contributed by atoms with Gasteiger partial charge in [-0.2, -0.15) is 0 Å². The monoisotopic (exact) mass is 829 g/mol. The molecule has 0 aliphatic carbocycles. The Balaban J connectivity index is 4.30. The largest absolute Gasteiger partial charge is 0.756 e. The first-order valence-electron chi connectivity index (χ1n) is 24.5. The summed E-state index contributed by atoms with van der Waals surface area (Å²) in [5, 5.41) is 13.9. The minimum absolute atomic E-state index is 0.0127. The summed E-state index contributed by atoms with van der Waals surface area (Å²) in [6.07, 6.45) is 46.4. The van der Waals surface area contributed by atoms with Crippen LogP contribution in [0.3, 0.4) is 0 Å². The molecule has 0 aromatic heterocycles. The first kappa shape index (κ1) is 56.2. The summed E-state index contributed by atoms with van der Waals surface area (Å²) in [5.41, 5.74) is 0. The lowest BCUT2D eigenvalue weighted by atomic mass is 10.0. The predicted molar refractivity (Wildman–Crippen MR) is 242 cm³/mol. The number of hydrogen-bond donors (Lipinski definition) is 2. The molecule has 57 heavy (non-hydrogen) atoms. The quantitative estimate of drug-likeness (QED) is 0.0274. The second-order valence-electron chi connectivity index (χ2n) is 18.2. The van der Waals surface area contributed by atoms with Crippen molar-refractivity contribution >= 4 is 13.7 Å². The van der Waals surface area contributed by atoms with Gasteiger partial charge in [0.05, 0.1) is 39.9 Å². The van der Waals surface area contributed by atoms with Crippen LogP contribution in [0.5, 0.6) is 0 Å². The number of phosphoric acid groups is 1. The van der Waals surface area contributed by atoms with Crippen LogP contribution in [-0.4, -0.2) is 68.5 Å². The van der Waals surface area contributed by atoms with Crippen LogP contribution in [0.4, 0.5) is 0 Å². The molecule has 3 atom stereocenters. The van der Waals surface area contributed by atoms with Gasteiger partial charge in [-0.25, -0.2) is 0 Å². The molecule has 1 amide bonds. The molecule has 0 aliphatic heterocycles. The number of aliphatic hydroxyl groups excluding tert-OH is 1. The van der Waals surface area contributed by atoms with Crippen molar-refractivity contribution in [1.29, 1.82) is 0 Å². The number of allylic oxidation sites excluding steroid dienone is 2. The van der Waals surface area contributed by atoms with Crippen molar-refractivity contribution in [3.8, 4) is 0 Å². The summed E-state index contributed by atoms with van der Waals surface area (Å²) >= 11 is 0. The van der Waals surface area contributed by atoms with Gasteiger partial charge in [0, 0.05) is 6.42 Å². The van der Waals surface area contributed by atoms with Gasteiger partial charge in [0.1, 0.15) is 13.2 Å². The lowest BCUT2D eigenvalue weighted by molar-refractivity contribution is -0.870. The average Bonchev–Trinajstić information content (AvgIpc) is 3.16. The van der Waals surface area contributed by atoms with E-state index in [9.17, 15) is 19.4 Å². The summed E-state index contributed by atoms with van der Waals surface area (Å²) < 4.78 is 23.3. The number of likely N-dealkylation sites (N-methyl/N-ethyl adjacent to an activating group) is 1. The van der Waals surface area contributed by atoms with E-state index in [-0.39, 0.29) is 19.1 Å². The Bertz CT molecular complexity index is 942. The minimum atomic E-state index is -4.56. The number of rotatable bonds is 45. The van der Waals surface area contributed by atoms with Gasteiger partial charge in [0.2, 0.25) is 5.91 Å². The van der Waals surface area contributed by atoms with E-state index in [2.05, 4.69) is 31.3 Å². The normalized spacial score (nSPS) is 14.3. The van der Waals surface area contributed by atoms with E-state index >= 15 is 0 Å². The molecule has 0 aromatic rings. The molecule has 0 bridgehead atoms. The Labute approximate surface area is 354 Å². The topological polar surface area (TPSA) is 108 Å². The molecule has 0 saturated carbocycles. The van der Waals surface area contributed by atoms with E-state index in [4.69, 9.17) is 9.05 Å². The van der Waals surface area contributed by atoms with E-state index in [1.807, 2.05) is 21.1 Å². The number of aliphatic hydroxyl groups is 1. The van der Waals surface area contributed by atoms with Crippen LogP contribution in [0, 0.1) is 0 Å². The second kappa shape index (κ2) is 40.6. The van der Waals surface area contributed by atoms with E-state index in [1.54, 1.807) is 0 Å². The van der Waals surface area contributed by atoms with Crippen molar-refractivity contribution in [1.82, 2.24) is 5.32 Å². The first-order valence-corrected chi connectivity index (χ1v) is 26.0. The standard InChI is InChI=1S/C48H97N2O6P/c1-6-8-10-12-14-16-18-20-22-24-26-28-30-32-34-36-38-40-42-48(52)49-46(45-56-57(53,54)55-44-43-50(3,4)5)47(51)41-39-37-35-33-31-29-27-25-23-21-19-17-15-13-11-9-7-2/h26,28,46-47,51H,6-25,27,29-45H2,1-5H3,(H-,49,52,53,54)/b28-26-. The average molecular weight is 829 g/mol. The van der Waals surface area contributed by atoms with Crippen molar-refractivity contribution in [2.75, 3.05) is 40.9 Å². The van der Waals surface area contributed by atoms with E-state index in [0.29, 0.717) is 23.9 Å². The van der Waals surface area contributed by atoms with Crippen LogP contribution in [-0.2, 0) is 18.4 Å². The van der Waals surface area contributed by atoms with Crippen molar-refractivity contribution < 1.29 is 32.9 Å². The van der Waals surface area contributed by atoms with Crippen molar-refractivity contribution in [2.45, 2.75) is 251 Å². The summed E-state index contributed by atoms with van der Waals surface area (Å²) in [6.45, 7) is 4.74. The maximum Gasteiger partial charge on any atom is 0.268 e. The maximum atomic E-state index is 12.9. The Kier molecular flexibility index (Phi) is 40.1. The van der Waals surface area contributed by atoms with Gasteiger partial charge in [0.25, 0.3) is 7.82 Å². The highest BCUT2D eigenvalue weighted by Crippen LogP contribution is 2.38.